The summed E-state index contributed by atoms with van der Waals surface area (Å²) in [5.74, 6) is -4.27. The largest absolute Gasteiger partial charge is 0.322 e. The van der Waals surface area contributed by atoms with Gasteiger partial charge in [0.15, 0.2) is 11.6 Å². The molecule has 100 valence electrons. The van der Waals surface area contributed by atoms with Crippen LogP contribution >= 0.6 is 0 Å². The van der Waals surface area contributed by atoms with Crippen molar-refractivity contribution in [2.45, 2.75) is 26.8 Å². The summed E-state index contributed by atoms with van der Waals surface area (Å²) in [7, 11) is 0. The Balaban J connectivity index is 2.92. The summed E-state index contributed by atoms with van der Waals surface area (Å²) in [6, 6.07) is 0.0518. The van der Waals surface area contributed by atoms with E-state index in [1.54, 1.807) is 20.8 Å². The van der Waals surface area contributed by atoms with Gasteiger partial charge in [0.2, 0.25) is 5.91 Å². The van der Waals surface area contributed by atoms with Crippen molar-refractivity contribution in [1.82, 2.24) is 0 Å². The molecule has 1 aromatic rings. The Labute approximate surface area is 103 Å². The lowest BCUT2D eigenvalue weighted by molar-refractivity contribution is -0.119. The summed E-state index contributed by atoms with van der Waals surface area (Å²) in [5, 5.41) is 2.14. The zero-order valence-corrected chi connectivity index (χ0v) is 10.4. The fraction of sp³-hybridized carbons (Fsp3) is 0.417. The SMILES string of the molecule is CC(C)(C)[C@@H](N)C(=O)Nc1cc(F)c(F)cc1F. The first-order valence-corrected chi connectivity index (χ1v) is 5.34. The first-order chi connectivity index (χ1) is 8.12. The van der Waals surface area contributed by atoms with Gasteiger partial charge in [0, 0.05) is 12.1 Å². The van der Waals surface area contributed by atoms with Crippen molar-refractivity contribution in [2.24, 2.45) is 11.1 Å². The molecule has 0 unspecified atom stereocenters. The lowest BCUT2D eigenvalue weighted by Crippen LogP contribution is -2.45. The van der Waals surface area contributed by atoms with Gasteiger partial charge >= 0.3 is 0 Å². The minimum absolute atomic E-state index is 0.369. The van der Waals surface area contributed by atoms with Crippen LogP contribution in [0.15, 0.2) is 12.1 Å². The molecule has 0 aliphatic rings. The Morgan fingerprint density at radius 3 is 2.17 bits per heavy atom. The van der Waals surface area contributed by atoms with Crippen LogP contribution in [-0.2, 0) is 4.79 Å². The fourth-order valence-corrected chi connectivity index (χ4v) is 1.22. The Bertz CT molecular complexity index is 469. The number of benzene rings is 1. The molecule has 0 saturated carbocycles. The predicted molar refractivity (Wildman–Crippen MR) is 62.4 cm³/mol. The van der Waals surface area contributed by atoms with Gasteiger partial charge in [0.05, 0.1) is 11.7 Å². The third kappa shape index (κ3) is 3.22. The van der Waals surface area contributed by atoms with Crippen LogP contribution in [0, 0.1) is 22.9 Å². The van der Waals surface area contributed by atoms with Crippen molar-refractivity contribution in [1.29, 1.82) is 0 Å². The van der Waals surface area contributed by atoms with E-state index < -0.39 is 40.5 Å². The summed E-state index contributed by atoms with van der Waals surface area (Å²) in [5.41, 5.74) is 4.70. The molecule has 1 atom stereocenters. The summed E-state index contributed by atoms with van der Waals surface area (Å²) in [4.78, 5) is 11.7. The molecule has 18 heavy (non-hydrogen) atoms. The second kappa shape index (κ2) is 4.97. The molecule has 0 spiro atoms. The molecule has 1 amide bonds. The summed E-state index contributed by atoms with van der Waals surface area (Å²) in [6.07, 6.45) is 0. The van der Waals surface area contributed by atoms with Gasteiger partial charge in [-0.1, -0.05) is 20.8 Å². The number of nitrogens with one attached hydrogen (secondary N) is 1. The van der Waals surface area contributed by atoms with Gasteiger partial charge in [-0.15, -0.1) is 0 Å². The highest BCUT2D eigenvalue weighted by molar-refractivity contribution is 5.95. The zero-order valence-electron chi connectivity index (χ0n) is 10.4. The van der Waals surface area contributed by atoms with Gasteiger partial charge < -0.3 is 11.1 Å². The highest BCUT2D eigenvalue weighted by Gasteiger charge is 2.28. The van der Waals surface area contributed by atoms with Crippen molar-refractivity contribution in [3.05, 3.63) is 29.6 Å². The summed E-state index contributed by atoms with van der Waals surface area (Å²) >= 11 is 0. The molecule has 0 saturated heterocycles. The Morgan fingerprint density at radius 2 is 1.67 bits per heavy atom. The maximum Gasteiger partial charge on any atom is 0.241 e. The number of carbonyl (C=O) groups excluding carboxylic acids is 1. The Kier molecular flexibility index (Phi) is 4.01. The van der Waals surface area contributed by atoms with E-state index in [1.807, 2.05) is 0 Å². The van der Waals surface area contributed by atoms with Crippen LogP contribution in [0.5, 0.6) is 0 Å². The van der Waals surface area contributed by atoms with E-state index in [1.165, 1.54) is 0 Å². The van der Waals surface area contributed by atoms with E-state index in [2.05, 4.69) is 5.32 Å². The zero-order chi connectivity index (χ0) is 14.1. The summed E-state index contributed by atoms with van der Waals surface area (Å²) < 4.78 is 38.9. The second-order valence-corrected chi connectivity index (χ2v) is 5.08. The molecule has 0 bridgehead atoms. The fourth-order valence-electron chi connectivity index (χ4n) is 1.22. The Hall–Kier alpha value is -1.56. The van der Waals surface area contributed by atoms with Crippen molar-refractivity contribution in [2.75, 3.05) is 5.32 Å². The second-order valence-electron chi connectivity index (χ2n) is 5.08. The third-order valence-corrected chi connectivity index (χ3v) is 2.48. The van der Waals surface area contributed by atoms with Gasteiger partial charge in [0.25, 0.3) is 0 Å². The van der Waals surface area contributed by atoms with E-state index in [0.717, 1.165) is 0 Å². The average molecular weight is 260 g/mol. The van der Waals surface area contributed by atoms with E-state index >= 15 is 0 Å². The maximum absolute atomic E-state index is 13.3. The van der Waals surface area contributed by atoms with Crippen molar-refractivity contribution in [3.8, 4) is 0 Å². The number of amides is 1. The summed E-state index contributed by atoms with van der Waals surface area (Å²) in [6.45, 7) is 5.20. The first kappa shape index (κ1) is 14.5. The quantitative estimate of drug-likeness (QED) is 0.802. The molecule has 0 aliphatic heterocycles. The molecular weight excluding hydrogens is 245 g/mol. The number of halogens is 3. The predicted octanol–water partition coefficient (Wildman–Crippen LogP) is 2.42. The van der Waals surface area contributed by atoms with Gasteiger partial charge in [-0.2, -0.15) is 0 Å². The molecule has 0 heterocycles. The number of hydrogen-bond acceptors (Lipinski definition) is 2. The van der Waals surface area contributed by atoms with Crippen LogP contribution in [-0.4, -0.2) is 11.9 Å². The number of nitrogens with two attached hydrogens (primary N) is 1. The van der Waals surface area contributed by atoms with Crippen LogP contribution < -0.4 is 11.1 Å². The van der Waals surface area contributed by atoms with Crippen LogP contribution in [0.3, 0.4) is 0 Å². The molecule has 6 heteroatoms. The van der Waals surface area contributed by atoms with Crippen molar-refractivity contribution in [3.63, 3.8) is 0 Å². The molecule has 3 nitrogen and oxygen atoms in total. The molecule has 0 aliphatic carbocycles. The number of carbonyl (C=O) groups is 1. The topological polar surface area (TPSA) is 55.1 Å². The lowest BCUT2D eigenvalue weighted by atomic mass is 9.87. The average Bonchev–Trinajstić information content (AvgIpc) is 2.23. The number of rotatable bonds is 2. The van der Waals surface area contributed by atoms with Crippen molar-refractivity contribution < 1.29 is 18.0 Å². The first-order valence-electron chi connectivity index (χ1n) is 5.34. The molecule has 1 aromatic carbocycles. The molecule has 0 aromatic heterocycles. The molecule has 0 radical (unpaired) electrons. The van der Waals surface area contributed by atoms with Crippen LogP contribution in [0.2, 0.25) is 0 Å². The molecule has 3 N–H and O–H groups in total. The van der Waals surface area contributed by atoms with Crippen LogP contribution in [0.4, 0.5) is 18.9 Å². The highest BCUT2D eigenvalue weighted by atomic mass is 19.2. The van der Waals surface area contributed by atoms with E-state index in [-0.39, 0.29) is 0 Å². The van der Waals surface area contributed by atoms with Gasteiger partial charge in [0.1, 0.15) is 5.82 Å². The van der Waals surface area contributed by atoms with E-state index in [4.69, 9.17) is 5.73 Å². The molecular formula is C12H15F3N2O. The van der Waals surface area contributed by atoms with Crippen molar-refractivity contribution >= 4 is 11.6 Å². The van der Waals surface area contributed by atoms with Gasteiger partial charge in [-0.05, 0) is 5.41 Å². The lowest BCUT2D eigenvalue weighted by Gasteiger charge is -2.25. The minimum Gasteiger partial charge on any atom is -0.322 e. The normalized spacial score (nSPS) is 13.3. The maximum atomic E-state index is 13.3. The van der Waals surface area contributed by atoms with Crippen LogP contribution in [0.25, 0.3) is 0 Å². The monoisotopic (exact) mass is 260 g/mol. The highest BCUT2D eigenvalue weighted by Crippen LogP contribution is 2.21. The van der Waals surface area contributed by atoms with Gasteiger partial charge in [-0.25, -0.2) is 13.2 Å². The molecule has 0 fully saturated rings. The molecule has 1 rings (SSSR count). The third-order valence-electron chi connectivity index (χ3n) is 2.48. The number of anilines is 1. The van der Waals surface area contributed by atoms with Crippen LogP contribution in [0.1, 0.15) is 20.8 Å². The van der Waals surface area contributed by atoms with Gasteiger partial charge in [-0.3, -0.25) is 4.79 Å². The van der Waals surface area contributed by atoms with E-state index in [9.17, 15) is 18.0 Å². The van der Waals surface area contributed by atoms with E-state index in [0.29, 0.717) is 12.1 Å². The smallest absolute Gasteiger partial charge is 0.241 e. The minimum atomic E-state index is -1.31. The number of hydrogen-bond donors (Lipinski definition) is 2. The standard InChI is InChI=1S/C12H15F3N2O/c1-12(2,3)10(16)11(18)17-9-5-7(14)6(13)4-8(9)15/h4-5,10H,16H2,1-3H3,(H,17,18)/t10-/m0/s1. The Morgan fingerprint density at radius 1 is 1.17 bits per heavy atom.